The van der Waals surface area contributed by atoms with Crippen molar-refractivity contribution in [3.05, 3.63) is 52.1 Å². The Morgan fingerprint density at radius 2 is 1.43 bits per heavy atom. The minimum atomic E-state index is -1.28. The molecular formula is C20H17F4NO5. The van der Waals surface area contributed by atoms with E-state index in [1.54, 1.807) is 0 Å². The van der Waals surface area contributed by atoms with Gasteiger partial charge in [-0.3, -0.25) is 4.79 Å². The number of carbonyl (C=O) groups is 1. The number of rotatable bonds is 6. The molecule has 2 aromatic carbocycles. The van der Waals surface area contributed by atoms with Gasteiger partial charge in [0.25, 0.3) is 5.91 Å². The molecule has 6 nitrogen and oxygen atoms in total. The molecule has 1 amide bonds. The second kappa shape index (κ2) is 9.29. The summed E-state index contributed by atoms with van der Waals surface area (Å²) < 4.78 is 65.9. The number of phenolic OH excluding ortho intramolecular Hbond substituents is 2. The van der Waals surface area contributed by atoms with Crippen LogP contribution in [0.5, 0.6) is 23.0 Å². The molecule has 0 saturated heterocycles. The van der Waals surface area contributed by atoms with E-state index in [0.717, 1.165) is 20.3 Å². The van der Waals surface area contributed by atoms with Crippen LogP contribution in [0.15, 0.2) is 22.7 Å². The Bertz CT molecular complexity index is 1050. The fraction of sp³-hybridized carbons (Fsp3) is 0.200. The number of hydrogen-bond acceptors (Lipinski definition) is 5. The average molecular weight is 427 g/mol. The van der Waals surface area contributed by atoms with Crippen LogP contribution in [0.3, 0.4) is 0 Å². The van der Waals surface area contributed by atoms with E-state index in [1.807, 2.05) is 0 Å². The van der Waals surface area contributed by atoms with Gasteiger partial charge in [0, 0.05) is 23.9 Å². The number of nitrogens with zero attached hydrogens (tertiary/aromatic N) is 1. The predicted molar refractivity (Wildman–Crippen MR) is 100 cm³/mol. The predicted octanol–water partition coefficient (Wildman–Crippen LogP) is 4.11. The number of aromatic hydroxyl groups is 2. The van der Waals surface area contributed by atoms with Gasteiger partial charge in [0.2, 0.25) is 0 Å². The van der Waals surface area contributed by atoms with Crippen molar-refractivity contribution in [2.45, 2.75) is 13.3 Å². The second-order valence-corrected chi connectivity index (χ2v) is 5.86. The Labute approximate surface area is 168 Å². The minimum absolute atomic E-state index is 0.0257. The summed E-state index contributed by atoms with van der Waals surface area (Å²) in [7, 11) is 2.11. The monoisotopic (exact) mass is 427 g/mol. The zero-order valence-electron chi connectivity index (χ0n) is 16.1. The maximum atomic E-state index is 14.4. The zero-order valence-corrected chi connectivity index (χ0v) is 16.1. The summed E-state index contributed by atoms with van der Waals surface area (Å²) >= 11 is 0. The molecule has 0 aliphatic rings. The fourth-order valence-corrected chi connectivity index (χ4v) is 2.54. The first kappa shape index (κ1) is 22.7. The molecular weight excluding hydrogens is 410 g/mol. The molecule has 0 atom stereocenters. The van der Waals surface area contributed by atoms with Gasteiger partial charge in [-0.2, -0.15) is 0 Å². The fourth-order valence-electron chi connectivity index (χ4n) is 2.54. The highest BCUT2D eigenvalue weighted by Gasteiger charge is 2.21. The molecule has 0 aromatic heterocycles. The van der Waals surface area contributed by atoms with E-state index < -0.39 is 63.3 Å². The molecule has 0 radical (unpaired) electrons. The Morgan fingerprint density at radius 1 is 0.967 bits per heavy atom. The van der Waals surface area contributed by atoms with Crippen LogP contribution in [-0.4, -0.2) is 36.6 Å². The highest BCUT2D eigenvalue weighted by molar-refractivity contribution is 6.04. The van der Waals surface area contributed by atoms with Crippen LogP contribution in [-0.2, 0) is 4.79 Å². The molecule has 0 bridgehead atoms. The highest BCUT2D eigenvalue weighted by Crippen LogP contribution is 2.35. The Kier molecular flexibility index (Phi) is 7.04. The molecule has 0 aliphatic heterocycles. The quantitative estimate of drug-likeness (QED) is 0.412. The summed E-state index contributed by atoms with van der Waals surface area (Å²) in [5, 5.41) is 19.0. The van der Waals surface area contributed by atoms with E-state index in [4.69, 9.17) is 0 Å². The number of benzene rings is 2. The summed E-state index contributed by atoms with van der Waals surface area (Å²) in [6, 6.07) is 1.19. The Morgan fingerprint density at radius 3 is 1.90 bits per heavy atom. The number of aliphatic imine (C=N–C) groups is 1. The third kappa shape index (κ3) is 4.37. The van der Waals surface area contributed by atoms with Gasteiger partial charge in [-0.15, -0.1) is 0 Å². The maximum absolute atomic E-state index is 14.4. The van der Waals surface area contributed by atoms with Crippen molar-refractivity contribution in [3.8, 4) is 23.0 Å². The SMILES string of the molecule is CC/C(=C\c1c(F)cc(O)c(OC)c1F)C(=O)N=Cc1c(F)cc(O)c(OC)c1F. The summed E-state index contributed by atoms with van der Waals surface area (Å²) in [5.74, 6) is -8.71. The number of methoxy groups -OCH3 is 2. The van der Waals surface area contributed by atoms with Crippen molar-refractivity contribution in [1.82, 2.24) is 0 Å². The molecule has 2 aromatic rings. The van der Waals surface area contributed by atoms with Crippen molar-refractivity contribution in [1.29, 1.82) is 0 Å². The number of ether oxygens (including phenoxy) is 2. The molecule has 10 heteroatoms. The van der Waals surface area contributed by atoms with Gasteiger partial charge in [-0.25, -0.2) is 22.6 Å². The van der Waals surface area contributed by atoms with Crippen LogP contribution in [0.4, 0.5) is 17.6 Å². The highest BCUT2D eigenvalue weighted by atomic mass is 19.1. The van der Waals surface area contributed by atoms with Gasteiger partial charge < -0.3 is 19.7 Å². The van der Waals surface area contributed by atoms with Crippen molar-refractivity contribution in [2.75, 3.05) is 14.2 Å². The first-order chi connectivity index (χ1) is 14.2. The van der Waals surface area contributed by atoms with E-state index in [0.29, 0.717) is 18.3 Å². The van der Waals surface area contributed by atoms with Gasteiger partial charge in [-0.05, 0) is 12.5 Å². The van der Waals surface area contributed by atoms with Crippen LogP contribution in [0.2, 0.25) is 0 Å². The first-order valence-electron chi connectivity index (χ1n) is 8.45. The molecule has 160 valence electrons. The topological polar surface area (TPSA) is 88.4 Å². The molecule has 0 saturated carbocycles. The van der Waals surface area contributed by atoms with Crippen LogP contribution >= 0.6 is 0 Å². The zero-order chi connectivity index (χ0) is 22.6. The van der Waals surface area contributed by atoms with E-state index >= 15 is 0 Å². The van der Waals surface area contributed by atoms with Crippen molar-refractivity contribution >= 4 is 18.2 Å². The van der Waals surface area contributed by atoms with Gasteiger partial charge in [0.1, 0.15) is 11.6 Å². The van der Waals surface area contributed by atoms with Crippen LogP contribution in [0, 0.1) is 23.3 Å². The molecule has 2 N–H and O–H groups in total. The third-order valence-corrected chi connectivity index (χ3v) is 4.07. The molecule has 0 unspecified atom stereocenters. The van der Waals surface area contributed by atoms with E-state index in [2.05, 4.69) is 14.5 Å². The largest absolute Gasteiger partial charge is 0.504 e. The second-order valence-electron chi connectivity index (χ2n) is 5.86. The Balaban J connectivity index is 2.46. The molecule has 0 fully saturated rings. The lowest BCUT2D eigenvalue weighted by Gasteiger charge is -2.09. The number of phenols is 2. The molecule has 0 spiro atoms. The summed E-state index contributed by atoms with van der Waals surface area (Å²) in [6.07, 6.45) is 1.40. The van der Waals surface area contributed by atoms with E-state index in [-0.39, 0.29) is 12.0 Å². The van der Waals surface area contributed by atoms with E-state index in [9.17, 15) is 32.6 Å². The molecule has 30 heavy (non-hydrogen) atoms. The van der Waals surface area contributed by atoms with Gasteiger partial charge in [0.05, 0.1) is 25.3 Å². The van der Waals surface area contributed by atoms with Gasteiger partial charge in [0.15, 0.2) is 34.6 Å². The van der Waals surface area contributed by atoms with Gasteiger partial charge >= 0.3 is 0 Å². The number of amides is 1. The standard InChI is InChI=1S/C20H17F4NO5/c1-4-9(5-10-12(21)6-14(26)18(29-2)16(10)23)20(28)25-8-11-13(22)7-15(27)19(30-3)17(11)24/h5-8,26-27H,4H2,1-3H3/b9-5+,25-8?. The summed E-state index contributed by atoms with van der Waals surface area (Å²) in [6.45, 7) is 1.50. The smallest absolute Gasteiger partial charge is 0.272 e. The van der Waals surface area contributed by atoms with Crippen LogP contribution < -0.4 is 9.47 Å². The van der Waals surface area contributed by atoms with Gasteiger partial charge in [-0.1, -0.05) is 6.92 Å². The van der Waals surface area contributed by atoms with Crippen LogP contribution in [0.25, 0.3) is 6.08 Å². The lowest BCUT2D eigenvalue weighted by atomic mass is 10.1. The Hall–Kier alpha value is -3.56. The minimum Gasteiger partial charge on any atom is -0.504 e. The average Bonchev–Trinajstić information content (AvgIpc) is 2.67. The van der Waals surface area contributed by atoms with E-state index in [1.165, 1.54) is 6.92 Å². The first-order valence-corrected chi connectivity index (χ1v) is 8.45. The van der Waals surface area contributed by atoms with Crippen LogP contribution in [0.1, 0.15) is 24.5 Å². The molecule has 2 rings (SSSR count). The number of carbonyl (C=O) groups excluding carboxylic acids is 1. The normalized spacial score (nSPS) is 11.8. The lowest BCUT2D eigenvalue weighted by molar-refractivity contribution is -0.114. The molecule has 0 aliphatic carbocycles. The number of halogens is 4. The lowest BCUT2D eigenvalue weighted by Crippen LogP contribution is -2.04. The van der Waals surface area contributed by atoms with Crippen molar-refractivity contribution < 1.29 is 42.0 Å². The van der Waals surface area contributed by atoms with Crippen molar-refractivity contribution in [3.63, 3.8) is 0 Å². The summed E-state index contributed by atoms with van der Waals surface area (Å²) in [4.78, 5) is 15.8. The van der Waals surface area contributed by atoms with Crippen molar-refractivity contribution in [2.24, 2.45) is 4.99 Å². The third-order valence-electron chi connectivity index (χ3n) is 4.07. The number of hydrogen-bond donors (Lipinski definition) is 2. The molecule has 0 heterocycles. The summed E-state index contributed by atoms with van der Waals surface area (Å²) in [5.41, 5.74) is -1.60. The maximum Gasteiger partial charge on any atom is 0.272 e.